The maximum Gasteiger partial charge on any atom is 0.242 e. The normalized spacial score (nSPS) is 29.1. The number of likely N-dealkylation sites (tertiary alicyclic amines) is 2. The van der Waals surface area contributed by atoms with Gasteiger partial charge >= 0.3 is 0 Å². The van der Waals surface area contributed by atoms with E-state index in [-0.39, 0.29) is 30.9 Å². The lowest BCUT2D eigenvalue weighted by Crippen LogP contribution is -2.52. The van der Waals surface area contributed by atoms with Crippen molar-refractivity contribution in [3.05, 3.63) is 0 Å². The van der Waals surface area contributed by atoms with Crippen LogP contribution in [0.1, 0.15) is 25.7 Å². The summed E-state index contributed by atoms with van der Waals surface area (Å²) in [6.45, 7) is 6.73. The number of ether oxygens (including phenoxy) is 1. The van der Waals surface area contributed by atoms with Gasteiger partial charge in [-0.15, -0.1) is 0 Å². The van der Waals surface area contributed by atoms with E-state index in [1.807, 2.05) is 4.90 Å². The van der Waals surface area contributed by atoms with Crippen molar-refractivity contribution in [1.82, 2.24) is 14.7 Å². The molecule has 0 bridgehead atoms. The van der Waals surface area contributed by atoms with Crippen LogP contribution >= 0.6 is 0 Å². The van der Waals surface area contributed by atoms with Crippen LogP contribution in [0.5, 0.6) is 0 Å². The van der Waals surface area contributed by atoms with Gasteiger partial charge in [0.25, 0.3) is 0 Å². The molecule has 0 unspecified atom stereocenters. The zero-order valence-electron chi connectivity index (χ0n) is 15.1. The summed E-state index contributed by atoms with van der Waals surface area (Å²) >= 11 is 0. The molecule has 0 aromatic heterocycles. The standard InChI is InChI=1S/C18H31N3O4/c22-14-16-9-15(10-19-5-7-25-8-6-19)11-21(12-16)18(24)13-20-4-2-1-3-17(20)23/h15-16,22H,1-14H2/t15-,16+/m1/s1. The molecule has 7 heteroatoms. The van der Waals surface area contributed by atoms with Crippen LogP contribution in [0.25, 0.3) is 0 Å². The molecule has 3 fully saturated rings. The molecule has 3 rings (SSSR count). The number of aliphatic hydroxyl groups excluding tert-OH is 1. The number of carbonyl (C=O) groups is 2. The molecule has 0 aromatic carbocycles. The molecule has 2 amide bonds. The van der Waals surface area contributed by atoms with E-state index in [1.54, 1.807) is 4.90 Å². The molecule has 3 aliphatic heterocycles. The minimum atomic E-state index is 0.0281. The number of hydrogen-bond acceptors (Lipinski definition) is 5. The van der Waals surface area contributed by atoms with Gasteiger partial charge in [-0.25, -0.2) is 0 Å². The van der Waals surface area contributed by atoms with Gasteiger partial charge in [0.15, 0.2) is 0 Å². The maximum absolute atomic E-state index is 12.7. The van der Waals surface area contributed by atoms with E-state index >= 15 is 0 Å². The van der Waals surface area contributed by atoms with Crippen LogP contribution in [0.3, 0.4) is 0 Å². The number of aliphatic hydroxyl groups is 1. The Bertz CT molecular complexity index is 467. The molecule has 1 N–H and O–H groups in total. The molecule has 0 spiro atoms. The monoisotopic (exact) mass is 353 g/mol. The van der Waals surface area contributed by atoms with Gasteiger partial charge in [-0.3, -0.25) is 14.5 Å². The minimum Gasteiger partial charge on any atom is -0.396 e. The molecule has 3 aliphatic rings. The van der Waals surface area contributed by atoms with Gasteiger partial charge in [-0.05, 0) is 31.1 Å². The summed E-state index contributed by atoms with van der Waals surface area (Å²) < 4.78 is 5.40. The third-order valence-corrected chi connectivity index (χ3v) is 5.60. The molecule has 142 valence electrons. The third kappa shape index (κ3) is 5.15. The molecule has 0 aromatic rings. The predicted octanol–water partition coefficient (Wildman–Crippen LogP) is -0.212. The van der Waals surface area contributed by atoms with Crippen LogP contribution in [0.15, 0.2) is 0 Å². The van der Waals surface area contributed by atoms with Crippen LogP contribution in [-0.4, -0.2) is 97.3 Å². The first-order valence-electron chi connectivity index (χ1n) is 9.62. The smallest absolute Gasteiger partial charge is 0.242 e. The van der Waals surface area contributed by atoms with E-state index < -0.39 is 0 Å². The number of nitrogens with zero attached hydrogens (tertiary/aromatic N) is 3. The van der Waals surface area contributed by atoms with Crippen molar-refractivity contribution in [2.45, 2.75) is 25.7 Å². The summed E-state index contributed by atoms with van der Waals surface area (Å²) in [6.07, 6.45) is 3.44. The lowest BCUT2D eigenvalue weighted by atomic mass is 9.89. The van der Waals surface area contributed by atoms with E-state index in [0.29, 0.717) is 25.4 Å². The molecule has 0 radical (unpaired) electrons. The van der Waals surface area contributed by atoms with Crippen LogP contribution in [0, 0.1) is 11.8 Å². The lowest BCUT2D eigenvalue weighted by Gasteiger charge is -2.40. The SMILES string of the molecule is O=C1CCCCN1CC(=O)N1C[C@@H](CN2CCOCC2)C[C@H](CO)C1. The fourth-order valence-corrected chi connectivity index (χ4v) is 4.23. The third-order valence-electron chi connectivity index (χ3n) is 5.60. The van der Waals surface area contributed by atoms with Gasteiger partial charge < -0.3 is 19.6 Å². The van der Waals surface area contributed by atoms with E-state index in [0.717, 1.165) is 58.7 Å². The van der Waals surface area contributed by atoms with Crippen molar-refractivity contribution in [3.8, 4) is 0 Å². The highest BCUT2D eigenvalue weighted by Gasteiger charge is 2.32. The van der Waals surface area contributed by atoms with Crippen LogP contribution in [0.2, 0.25) is 0 Å². The Labute approximate surface area is 149 Å². The van der Waals surface area contributed by atoms with Crippen molar-refractivity contribution in [1.29, 1.82) is 0 Å². The van der Waals surface area contributed by atoms with Gasteiger partial charge in [0, 0.05) is 52.3 Å². The summed E-state index contributed by atoms with van der Waals surface area (Å²) in [6, 6.07) is 0. The number of carbonyl (C=O) groups excluding carboxylic acids is 2. The second kappa shape index (κ2) is 8.96. The summed E-state index contributed by atoms with van der Waals surface area (Å²) in [5, 5.41) is 9.64. The van der Waals surface area contributed by atoms with E-state index in [9.17, 15) is 14.7 Å². The van der Waals surface area contributed by atoms with Crippen molar-refractivity contribution >= 4 is 11.8 Å². The zero-order chi connectivity index (χ0) is 17.6. The second-order valence-electron chi connectivity index (χ2n) is 7.63. The number of piperidine rings is 2. The molecule has 7 nitrogen and oxygen atoms in total. The second-order valence-corrected chi connectivity index (χ2v) is 7.63. The summed E-state index contributed by atoms with van der Waals surface area (Å²) in [7, 11) is 0. The van der Waals surface area contributed by atoms with Crippen molar-refractivity contribution in [3.63, 3.8) is 0 Å². The zero-order valence-corrected chi connectivity index (χ0v) is 15.1. The molecule has 2 atom stereocenters. The maximum atomic E-state index is 12.7. The Morgan fingerprint density at radius 2 is 1.88 bits per heavy atom. The fourth-order valence-electron chi connectivity index (χ4n) is 4.23. The molecule has 0 aliphatic carbocycles. The Kier molecular flexibility index (Phi) is 6.67. The molecule has 3 saturated heterocycles. The summed E-state index contributed by atoms with van der Waals surface area (Å²) in [5.74, 6) is 0.645. The van der Waals surface area contributed by atoms with Crippen molar-refractivity contribution in [2.24, 2.45) is 11.8 Å². The Morgan fingerprint density at radius 3 is 2.60 bits per heavy atom. The van der Waals surface area contributed by atoms with E-state index in [1.165, 1.54) is 0 Å². The molecular weight excluding hydrogens is 322 g/mol. The Hall–Kier alpha value is -1.18. The van der Waals surface area contributed by atoms with Crippen molar-refractivity contribution in [2.75, 3.05) is 65.6 Å². The number of amides is 2. The predicted molar refractivity (Wildman–Crippen MR) is 93.0 cm³/mol. The average Bonchev–Trinajstić information content (AvgIpc) is 2.64. The number of hydrogen-bond donors (Lipinski definition) is 1. The summed E-state index contributed by atoms with van der Waals surface area (Å²) in [5.41, 5.74) is 0. The fraction of sp³-hybridized carbons (Fsp3) is 0.889. The minimum absolute atomic E-state index is 0.0281. The molecular formula is C18H31N3O4. The first kappa shape index (κ1) is 18.6. The highest BCUT2D eigenvalue weighted by Crippen LogP contribution is 2.23. The number of morpholine rings is 1. The Morgan fingerprint density at radius 1 is 1.12 bits per heavy atom. The van der Waals surface area contributed by atoms with E-state index in [2.05, 4.69) is 4.90 Å². The highest BCUT2D eigenvalue weighted by atomic mass is 16.5. The Balaban J connectivity index is 1.55. The van der Waals surface area contributed by atoms with Gasteiger partial charge in [0.2, 0.25) is 11.8 Å². The van der Waals surface area contributed by atoms with Crippen LogP contribution < -0.4 is 0 Å². The van der Waals surface area contributed by atoms with E-state index in [4.69, 9.17) is 4.74 Å². The largest absolute Gasteiger partial charge is 0.396 e. The lowest BCUT2D eigenvalue weighted by molar-refractivity contribution is -0.143. The topological polar surface area (TPSA) is 73.3 Å². The van der Waals surface area contributed by atoms with Crippen LogP contribution in [-0.2, 0) is 14.3 Å². The van der Waals surface area contributed by atoms with Gasteiger partial charge in [-0.1, -0.05) is 0 Å². The number of rotatable bonds is 5. The average molecular weight is 353 g/mol. The first-order chi connectivity index (χ1) is 12.2. The van der Waals surface area contributed by atoms with Gasteiger partial charge in [-0.2, -0.15) is 0 Å². The molecule has 25 heavy (non-hydrogen) atoms. The summed E-state index contributed by atoms with van der Waals surface area (Å²) in [4.78, 5) is 30.7. The quantitative estimate of drug-likeness (QED) is 0.740. The van der Waals surface area contributed by atoms with Crippen LogP contribution in [0.4, 0.5) is 0 Å². The van der Waals surface area contributed by atoms with Gasteiger partial charge in [0.1, 0.15) is 0 Å². The van der Waals surface area contributed by atoms with Crippen molar-refractivity contribution < 1.29 is 19.4 Å². The first-order valence-corrected chi connectivity index (χ1v) is 9.62. The van der Waals surface area contributed by atoms with Gasteiger partial charge in [0.05, 0.1) is 19.8 Å². The highest BCUT2D eigenvalue weighted by molar-refractivity contribution is 5.85. The molecule has 0 saturated carbocycles. The molecule has 3 heterocycles.